The van der Waals surface area contributed by atoms with E-state index in [4.69, 9.17) is 0 Å². The highest BCUT2D eigenvalue weighted by Crippen LogP contribution is 2.28. The maximum Gasteiger partial charge on any atom is 0.262 e. The van der Waals surface area contributed by atoms with E-state index in [-0.39, 0.29) is 6.54 Å². The minimum Gasteiger partial charge on any atom is -0.208 e. The van der Waals surface area contributed by atoms with Crippen LogP contribution in [0.2, 0.25) is 0 Å². The molecule has 0 unspecified atom stereocenters. The summed E-state index contributed by atoms with van der Waals surface area (Å²) in [5.41, 5.74) is 0. The van der Waals surface area contributed by atoms with Gasteiger partial charge in [0, 0.05) is 18.4 Å². The molecule has 0 saturated carbocycles. The zero-order valence-electron chi connectivity index (χ0n) is 6.33. The fraction of sp³-hybridized carbons (Fsp3) is 0.667. The molecule has 0 spiro atoms. The number of rotatable bonds is 2. The molecular formula is C6H9F2NO2S. The molecule has 12 heavy (non-hydrogen) atoms. The lowest BCUT2D eigenvalue weighted by molar-refractivity contribution is 0.0184. The van der Waals surface area contributed by atoms with Gasteiger partial charge in [-0.25, -0.2) is 17.2 Å². The Hall–Kier alpha value is -0.490. The molecule has 1 heterocycles. The molecular weight excluding hydrogens is 188 g/mol. The van der Waals surface area contributed by atoms with E-state index < -0.39 is 28.9 Å². The second kappa shape index (κ2) is 2.77. The van der Waals surface area contributed by atoms with E-state index in [1.165, 1.54) is 0 Å². The van der Waals surface area contributed by atoms with Gasteiger partial charge in [-0.3, -0.25) is 0 Å². The summed E-state index contributed by atoms with van der Waals surface area (Å²) in [6.07, 6.45) is -0.403. The SMILES string of the molecule is C=CS(=O)(=O)N1CCC(F)(F)C1. The van der Waals surface area contributed by atoms with Gasteiger partial charge in [-0.2, -0.15) is 4.31 Å². The lowest BCUT2D eigenvalue weighted by atomic mass is 10.3. The van der Waals surface area contributed by atoms with Crippen LogP contribution in [-0.2, 0) is 10.0 Å². The van der Waals surface area contributed by atoms with Crippen LogP contribution in [0.1, 0.15) is 6.42 Å². The van der Waals surface area contributed by atoms with Crippen molar-refractivity contribution in [3.05, 3.63) is 12.0 Å². The van der Waals surface area contributed by atoms with Gasteiger partial charge in [0.15, 0.2) is 0 Å². The van der Waals surface area contributed by atoms with Crippen LogP contribution < -0.4 is 0 Å². The van der Waals surface area contributed by atoms with Gasteiger partial charge in [0.2, 0.25) is 10.0 Å². The molecule has 3 nitrogen and oxygen atoms in total. The average Bonchev–Trinajstić information content (AvgIpc) is 2.31. The number of sulfonamides is 1. The quantitative estimate of drug-likeness (QED) is 0.656. The van der Waals surface area contributed by atoms with Crippen molar-refractivity contribution < 1.29 is 17.2 Å². The molecule has 1 aliphatic heterocycles. The monoisotopic (exact) mass is 197 g/mol. The Morgan fingerprint density at radius 2 is 2.08 bits per heavy atom. The van der Waals surface area contributed by atoms with Crippen molar-refractivity contribution in [3.8, 4) is 0 Å². The highest BCUT2D eigenvalue weighted by atomic mass is 32.2. The van der Waals surface area contributed by atoms with Crippen molar-refractivity contribution in [1.82, 2.24) is 4.31 Å². The van der Waals surface area contributed by atoms with Crippen LogP contribution in [0.3, 0.4) is 0 Å². The van der Waals surface area contributed by atoms with Gasteiger partial charge in [-0.1, -0.05) is 6.58 Å². The molecule has 70 valence electrons. The number of halogens is 2. The Labute approximate surface area is 69.7 Å². The Balaban J connectivity index is 2.78. The molecule has 0 aliphatic carbocycles. The number of hydrogen-bond donors (Lipinski definition) is 0. The molecule has 0 radical (unpaired) electrons. The zero-order valence-corrected chi connectivity index (χ0v) is 7.15. The van der Waals surface area contributed by atoms with E-state index in [0.717, 1.165) is 4.31 Å². The molecule has 1 saturated heterocycles. The summed E-state index contributed by atoms with van der Waals surface area (Å²) >= 11 is 0. The summed E-state index contributed by atoms with van der Waals surface area (Å²) in [6.45, 7) is 2.21. The molecule has 0 N–H and O–H groups in total. The van der Waals surface area contributed by atoms with Gasteiger partial charge >= 0.3 is 0 Å². The lowest BCUT2D eigenvalue weighted by Crippen LogP contribution is -2.29. The Morgan fingerprint density at radius 1 is 1.50 bits per heavy atom. The van der Waals surface area contributed by atoms with Crippen molar-refractivity contribution >= 4 is 10.0 Å². The highest BCUT2D eigenvalue weighted by Gasteiger charge is 2.42. The predicted molar refractivity (Wildman–Crippen MR) is 40.3 cm³/mol. The first kappa shape index (κ1) is 9.60. The Kier molecular flexibility index (Phi) is 2.22. The van der Waals surface area contributed by atoms with Crippen LogP contribution in [-0.4, -0.2) is 31.7 Å². The van der Waals surface area contributed by atoms with E-state index >= 15 is 0 Å². The molecule has 6 heteroatoms. The minimum absolute atomic E-state index is 0.124. The van der Waals surface area contributed by atoms with Crippen LogP contribution in [0.4, 0.5) is 8.78 Å². The summed E-state index contributed by atoms with van der Waals surface area (Å²) in [7, 11) is -3.65. The first-order valence-corrected chi connectivity index (χ1v) is 4.88. The molecule has 1 fully saturated rings. The molecule has 0 aromatic carbocycles. The lowest BCUT2D eigenvalue weighted by Gasteiger charge is -2.12. The van der Waals surface area contributed by atoms with Crippen LogP contribution in [0.25, 0.3) is 0 Å². The fourth-order valence-electron chi connectivity index (χ4n) is 1.03. The molecule has 0 atom stereocenters. The van der Waals surface area contributed by atoms with Gasteiger partial charge in [0.05, 0.1) is 6.54 Å². The highest BCUT2D eigenvalue weighted by molar-refractivity contribution is 7.92. The van der Waals surface area contributed by atoms with Crippen molar-refractivity contribution in [1.29, 1.82) is 0 Å². The number of nitrogens with zero attached hydrogens (tertiary/aromatic N) is 1. The molecule has 0 bridgehead atoms. The average molecular weight is 197 g/mol. The molecule has 1 rings (SSSR count). The van der Waals surface area contributed by atoms with Crippen LogP contribution >= 0.6 is 0 Å². The van der Waals surface area contributed by atoms with Gasteiger partial charge in [0.25, 0.3) is 5.92 Å². The number of alkyl halides is 2. The van der Waals surface area contributed by atoms with Crippen LogP contribution in [0.15, 0.2) is 12.0 Å². The summed E-state index contributed by atoms with van der Waals surface area (Å²) in [5, 5.41) is 0.689. The third kappa shape index (κ3) is 1.81. The van der Waals surface area contributed by atoms with Crippen molar-refractivity contribution in [2.45, 2.75) is 12.3 Å². The van der Waals surface area contributed by atoms with E-state index in [2.05, 4.69) is 6.58 Å². The van der Waals surface area contributed by atoms with Gasteiger partial charge in [-0.05, 0) is 0 Å². The van der Waals surface area contributed by atoms with Crippen molar-refractivity contribution in [2.75, 3.05) is 13.1 Å². The summed E-state index contributed by atoms with van der Waals surface area (Å²) in [4.78, 5) is 0. The minimum atomic E-state index is -3.65. The second-order valence-electron chi connectivity index (χ2n) is 2.65. The van der Waals surface area contributed by atoms with E-state index in [9.17, 15) is 17.2 Å². The molecule has 0 aromatic rings. The van der Waals surface area contributed by atoms with Crippen LogP contribution in [0, 0.1) is 0 Å². The van der Waals surface area contributed by atoms with Gasteiger partial charge in [-0.15, -0.1) is 0 Å². The van der Waals surface area contributed by atoms with Crippen LogP contribution in [0.5, 0.6) is 0 Å². The van der Waals surface area contributed by atoms with E-state index in [1.807, 2.05) is 0 Å². The fourth-order valence-corrected chi connectivity index (χ4v) is 1.95. The molecule has 0 aromatic heterocycles. The molecule has 0 amide bonds. The Morgan fingerprint density at radius 3 is 2.42 bits per heavy atom. The summed E-state index contributed by atoms with van der Waals surface area (Å²) < 4.78 is 47.7. The second-order valence-corrected chi connectivity index (χ2v) is 4.53. The number of hydrogen-bond acceptors (Lipinski definition) is 2. The van der Waals surface area contributed by atoms with Gasteiger partial charge in [0.1, 0.15) is 0 Å². The smallest absolute Gasteiger partial charge is 0.208 e. The largest absolute Gasteiger partial charge is 0.262 e. The van der Waals surface area contributed by atoms with E-state index in [1.54, 1.807) is 0 Å². The summed E-state index contributed by atoms with van der Waals surface area (Å²) in [6, 6.07) is 0. The van der Waals surface area contributed by atoms with E-state index in [0.29, 0.717) is 5.41 Å². The zero-order chi connectivity index (χ0) is 9.41. The third-order valence-corrected chi connectivity index (χ3v) is 3.16. The summed E-state index contributed by atoms with van der Waals surface area (Å²) in [5.74, 6) is -2.88. The third-order valence-electron chi connectivity index (χ3n) is 1.71. The Bertz CT molecular complexity index is 286. The van der Waals surface area contributed by atoms with Gasteiger partial charge < -0.3 is 0 Å². The predicted octanol–water partition coefficient (Wildman–Crippen LogP) is 0.801. The first-order chi connectivity index (χ1) is 5.37. The maximum absolute atomic E-state index is 12.5. The standard InChI is InChI=1S/C6H9F2NO2S/c1-2-12(10,11)9-4-3-6(7,8)5-9/h2H,1,3-5H2. The molecule has 1 aliphatic rings. The maximum atomic E-state index is 12.5. The topological polar surface area (TPSA) is 37.4 Å². The first-order valence-electron chi connectivity index (χ1n) is 3.38. The van der Waals surface area contributed by atoms with Crippen molar-refractivity contribution in [3.63, 3.8) is 0 Å². The van der Waals surface area contributed by atoms with Crippen molar-refractivity contribution in [2.24, 2.45) is 0 Å². The normalized spacial score (nSPS) is 24.2.